The number of nitrogens with two attached hydrogens (primary N) is 1. The maximum absolute atomic E-state index is 5.55. The molecule has 0 aliphatic heterocycles. The fourth-order valence-corrected chi connectivity index (χ4v) is 2.49. The van der Waals surface area contributed by atoms with Crippen LogP contribution in [0.4, 0.5) is 5.82 Å². The molecule has 1 aliphatic rings. The highest BCUT2D eigenvalue weighted by atomic mass is 16.5. The summed E-state index contributed by atoms with van der Waals surface area (Å²) in [5, 5.41) is 10.7. The Balaban J connectivity index is 1.80. The van der Waals surface area contributed by atoms with Crippen LogP contribution in [0.1, 0.15) is 50.3 Å². The minimum Gasteiger partial charge on any atom is -0.382 e. The van der Waals surface area contributed by atoms with Gasteiger partial charge in [0.2, 0.25) is 0 Å². The molecule has 0 aromatic carbocycles. The number of H-pyrrole nitrogens is 1. The summed E-state index contributed by atoms with van der Waals surface area (Å²) < 4.78 is 5.27. The minimum absolute atomic E-state index is 0.430. The maximum atomic E-state index is 5.55. The van der Waals surface area contributed by atoms with Crippen molar-refractivity contribution in [2.24, 2.45) is 0 Å². The van der Waals surface area contributed by atoms with E-state index in [2.05, 4.69) is 20.3 Å². The monoisotopic (exact) mass is 247 g/mol. The van der Waals surface area contributed by atoms with Crippen molar-refractivity contribution in [3.63, 3.8) is 0 Å². The molecular weight excluding hydrogens is 230 g/mol. The van der Waals surface area contributed by atoms with Crippen LogP contribution in [0.2, 0.25) is 0 Å². The zero-order chi connectivity index (χ0) is 12.4. The Kier molecular flexibility index (Phi) is 3.00. The zero-order valence-corrected chi connectivity index (χ0v) is 10.2. The molecule has 3 N–H and O–H groups in total. The minimum atomic E-state index is 0.430. The lowest BCUT2D eigenvalue weighted by molar-refractivity contribution is 0.409. The van der Waals surface area contributed by atoms with Crippen molar-refractivity contribution in [3.8, 4) is 11.6 Å². The standard InChI is InChI=1S/C12H17N5O/c13-10-7-9(15-16-10)12-14-11(17-18-12)8-5-3-1-2-4-6-8/h7-8H,1-6H2,(H3,13,15,16). The molecular formula is C12H17N5O. The molecule has 2 heterocycles. The molecule has 0 radical (unpaired) electrons. The molecule has 18 heavy (non-hydrogen) atoms. The molecule has 1 saturated carbocycles. The van der Waals surface area contributed by atoms with Crippen molar-refractivity contribution in [1.82, 2.24) is 20.3 Å². The van der Waals surface area contributed by atoms with Crippen molar-refractivity contribution < 1.29 is 4.52 Å². The molecule has 0 atom stereocenters. The molecule has 1 fully saturated rings. The highest BCUT2D eigenvalue weighted by Gasteiger charge is 2.20. The summed E-state index contributed by atoms with van der Waals surface area (Å²) in [6, 6.07) is 1.70. The van der Waals surface area contributed by atoms with Crippen molar-refractivity contribution in [2.75, 3.05) is 5.73 Å². The van der Waals surface area contributed by atoms with E-state index in [0.29, 0.717) is 23.3 Å². The molecule has 3 rings (SSSR count). The summed E-state index contributed by atoms with van der Waals surface area (Å²) in [6.07, 6.45) is 7.46. The van der Waals surface area contributed by atoms with Gasteiger partial charge in [-0.2, -0.15) is 10.1 Å². The smallest absolute Gasteiger partial charge is 0.276 e. The van der Waals surface area contributed by atoms with Crippen LogP contribution >= 0.6 is 0 Å². The molecule has 2 aromatic heterocycles. The van der Waals surface area contributed by atoms with Gasteiger partial charge in [0.15, 0.2) is 5.82 Å². The van der Waals surface area contributed by atoms with Crippen LogP contribution in [0.5, 0.6) is 0 Å². The normalized spacial score (nSPS) is 17.8. The lowest BCUT2D eigenvalue weighted by Crippen LogP contribution is -1.99. The van der Waals surface area contributed by atoms with E-state index in [0.717, 1.165) is 18.7 Å². The van der Waals surface area contributed by atoms with Gasteiger partial charge >= 0.3 is 0 Å². The fourth-order valence-electron chi connectivity index (χ4n) is 2.49. The van der Waals surface area contributed by atoms with E-state index < -0.39 is 0 Å². The van der Waals surface area contributed by atoms with Gasteiger partial charge in [-0.1, -0.05) is 30.8 Å². The van der Waals surface area contributed by atoms with Gasteiger partial charge in [-0.05, 0) is 12.8 Å². The molecule has 96 valence electrons. The zero-order valence-electron chi connectivity index (χ0n) is 10.2. The molecule has 0 unspecified atom stereocenters. The number of nitrogens with one attached hydrogen (secondary N) is 1. The topological polar surface area (TPSA) is 93.6 Å². The van der Waals surface area contributed by atoms with Crippen LogP contribution < -0.4 is 5.73 Å². The Morgan fingerprint density at radius 2 is 2.00 bits per heavy atom. The summed E-state index contributed by atoms with van der Waals surface area (Å²) in [7, 11) is 0. The summed E-state index contributed by atoms with van der Waals surface area (Å²) in [4.78, 5) is 4.45. The second kappa shape index (κ2) is 4.80. The summed E-state index contributed by atoms with van der Waals surface area (Å²) in [5.74, 6) is 2.16. The van der Waals surface area contributed by atoms with Crippen LogP contribution in [0, 0.1) is 0 Å². The van der Waals surface area contributed by atoms with Crippen LogP contribution in [0.25, 0.3) is 11.6 Å². The molecule has 0 spiro atoms. The Bertz CT molecular complexity index is 510. The van der Waals surface area contributed by atoms with Gasteiger partial charge in [-0.15, -0.1) is 0 Å². The lowest BCUT2D eigenvalue weighted by Gasteiger charge is -2.07. The molecule has 0 saturated heterocycles. The van der Waals surface area contributed by atoms with E-state index in [-0.39, 0.29) is 0 Å². The predicted molar refractivity (Wildman–Crippen MR) is 66.7 cm³/mol. The van der Waals surface area contributed by atoms with Gasteiger partial charge < -0.3 is 10.3 Å². The number of hydrogen-bond acceptors (Lipinski definition) is 5. The van der Waals surface area contributed by atoms with E-state index in [1.54, 1.807) is 6.07 Å². The number of aromatic amines is 1. The molecule has 0 amide bonds. The van der Waals surface area contributed by atoms with Crippen LogP contribution in [0.3, 0.4) is 0 Å². The first-order valence-corrected chi connectivity index (χ1v) is 6.48. The average Bonchev–Trinajstić information content (AvgIpc) is 2.92. The van der Waals surface area contributed by atoms with Crippen LogP contribution in [-0.4, -0.2) is 20.3 Å². The number of nitrogen functional groups attached to an aromatic ring is 1. The van der Waals surface area contributed by atoms with Gasteiger partial charge in [0.1, 0.15) is 11.5 Å². The SMILES string of the molecule is Nc1cc(-c2nc(C3CCCCCC3)no2)[nH]n1. The lowest BCUT2D eigenvalue weighted by atomic mass is 10.00. The first-order chi connectivity index (χ1) is 8.83. The van der Waals surface area contributed by atoms with E-state index in [4.69, 9.17) is 10.3 Å². The third kappa shape index (κ3) is 2.23. The Labute approximate surface area is 105 Å². The van der Waals surface area contributed by atoms with E-state index in [1.165, 1.54) is 25.7 Å². The fraction of sp³-hybridized carbons (Fsp3) is 0.583. The van der Waals surface area contributed by atoms with Gasteiger partial charge in [0, 0.05) is 12.0 Å². The highest BCUT2D eigenvalue weighted by molar-refractivity contribution is 5.51. The van der Waals surface area contributed by atoms with Gasteiger partial charge in [-0.25, -0.2) is 0 Å². The Morgan fingerprint density at radius 3 is 2.67 bits per heavy atom. The second-order valence-electron chi connectivity index (χ2n) is 4.85. The van der Waals surface area contributed by atoms with Crippen molar-refractivity contribution in [2.45, 2.75) is 44.4 Å². The number of aromatic nitrogens is 4. The Hall–Kier alpha value is -1.85. The molecule has 2 aromatic rings. The first-order valence-electron chi connectivity index (χ1n) is 6.48. The quantitative estimate of drug-likeness (QED) is 0.795. The Morgan fingerprint density at radius 1 is 1.22 bits per heavy atom. The number of nitrogens with zero attached hydrogens (tertiary/aromatic N) is 3. The predicted octanol–water partition coefficient (Wildman–Crippen LogP) is 2.48. The van der Waals surface area contributed by atoms with Crippen molar-refractivity contribution in [3.05, 3.63) is 11.9 Å². The van der Waals surface area contributed by atoms with Crippen molar-refractivity contribution >= 4 is 5.82 Å². The summed E-state index contributed by atoms with van der Waals surface area (Å²) in [6.45, 7) is 0. The largest absolute Gasteiger partial charge is 0.382 e. The number of hydrogen-bond donors (Lipinski definition) is 2. The highest BCUT2D eigenvalue weighted by Crippen LogP contribution is 2.30. The second-order valence-corrected chi connectivity index (χ2v) is 4.85. The summed E-state index contributed by atoms with van der Waals surface area (Å²) >= 11 is 0. The number of rotatable bonds is 2. The van der Waals surface area contributed by atoms with E-state index in [1.807, 2.05) is 0 Å². The third-order valence-electron chi connectivity index (χ3n) is 3.49. The summed E-state index contributed by atoms with van der Waals surface area (Å²) in [5.41, 5.74) is 6.23. The third-order valence-corrected chi connectivity index (χ3v) is 3.49. The van der Waals surface area contributed by atoms with E-state index >= 15 is 0 Å². The van der Waals surface area contributed by atoms with E-state index in [9.17, 15) is 0 Å². The molecule has 1 aliphatic carbocycles. The van der Waals surface area contributed by atoms with Gasteiger partial charge in [-0.3, -0.25) is 5.10 Å². The number of anilines is 1. The van der Waals surface area contributed by atoms with Crippen molar-refractivity contribution in [1.29, 1.82) is 0 Å². The van der Waals surface area contributed by atoms with Crippen LogP contribution in [0.15, 0.2) is 10.6 Å². The van der Waals surface area contributed by atoms with Gasteiger partial charge in [0.25, 0.3) is 5.89 Å². The van der Waals surface area contributed by atoms with Crippen LogP contribution in [-0.2, 0) is 0 Å². The molecule has 6 nitrogen and oxygen atoms in total. The molecule has 0 bridgehead atoms. The molecule has 6 heteroatoms. The average molecular weight is 247 g/mol. The van der Waals surface area contributed by atoms with Gasteiger partial charge in [0.05, 0.1) is 0 Å². The first kappa shape index (κ1) is 11.3. The maximum Gasteiger partial charge on any atom is 0.276 e.